The van der Waals surface area contributed by atoms with Gasteiger partial charge in [0.25, 0.3) is 0 Å². The first kappa shape index (κ1) is 12.9. The van der Waals surface area contributed by atoms with Crippen LogP contribution in [-0.4, -0.2) is 47.3 Å². The molecule has 3 aliphatic rings. The first-order valence-corrected chi connectivity index (χ1v) is 7.90. The Morgan fingerprint density at radius 2 is 1.61 bits per heavy atom. The average molecular weight is 252 g/mol. The molecule has 2 aliphatic heterocycles. The Labute approximate surface area is 111 Å². The van der Waals surface area contributed by atoms with Crippen LogP contribution in [0.25, 0.3) is 0 Å². The fourth-order valence-electron chi connectivity index (χ4n) is 4.36. The van der Waals surface area contributed by atoms with E-state index in [0.717, 1.165) is 18.5 Å². The molecule has 0 aromatic rings. The van der Waals surface area contributed by atoms with E-state index in [1.807, 2.05) is 0 Å². The second-order valence-electron chi connectivity index (χ2n) is 6.70. The van der Waals surface area contributed by atoms with Gasteiger partial charge in [-0.3, -0.25) is 0 Å². The summed E-state index contributed by atoms with van der Waals surface area (Å²) >= 11 is 0. The number of nitrogens with zero attached hydrogens (tertiary/aromatic N) is 1. The van der Waals surface area contributed by atoms with E-state index in [9.17, 15) is 5.11 Å². The Morgan fingerprint density at radius 3 is 2.28 bits per heavy atom. The maximum atomic E-state index is 10.1. The van der Waals surface area contributed by atoms with Gasteiger partial charge in [0.05, 0.1) is 6.10 Å². The van der Waals surface area contributed by atoms with Gasteiger partial charge in [0.15, 0.2) is 0 Å². The van der Waals surface area contributed by atoms with Crippen molar-refractivity contribution in [1.29, 1.82) is 0 Å². The molecule has 3 rings (SSSR count). The molecule has 104 valence electrons. The van der Waals surface area contributed by atoms with Gasteiger partial charge in [0, 0.05) is 24.2 Å². The molecule has 2 bridgehead atoms. The van der Waals surface area contributed by atoms with Crippen LogP contribution in [-0.2, 0) is 0 Å². The maximum Gasteiger partial charge on any atom is 0.0693 e. The molecule has 1 saturated carbocycles. The predicted molar refractivity (Wildman–Crippen MR) is 73.6 cm³/mol. The fraction of sp³-hybridized carbons (Fsp3) is 1.00. The highest BCUT2D eigenvalue weighted by Gasteiger charge is 2.37. The second-order valence-corrected chi connectivity index (χ2v) is 6.70. The molecule has 3 fully saturated rings. The van der Waals surface area contributed by atoms with E-state index in [1.54, 1.807) is 0 Å². The number of fused-ring (bicyclic) bond motifs is 2. The van der Waals surface area contributed by atoms with Crippen LogP contribution in [0, 0.1) is 0 Å². The van der Waals surface area contributed by atoms with E-state index < -0.39 is 0 Å². The number of nitrogens with one attached hydrogen (secondary N) is 1. The number of aliphatic hydroxyl groups is 1. The van der Waals surface area contributed by atoms with Crippen molar-refractivity contribution in [2.45, 2.75) is 88.1 Å². The van der Waals surface area contributed by atoms with Gasteiger partial charge in [0.1, 0.15) is 0 Å². The van der Waals surface area contributed by atoms with Gasteiger partial charge < -0.3 is 15.3 Å². The summed E-state index contributed by atoms with van der Waals surface area (Å²) < 4.78 is 0. The normalized spacial score (nSPS) is 46.0. The van der Waals surface area contributed by atoms with Crippen LogP contribution >= 0.6 is 0 Å². The van der Waals surface area contributed by atoms with Crippen LogP contribution in [0.3, 0.4) is 0 Å². The van der Waals surface area contributed by atoms with E-state index in [2.05, 4.69) is 17.3 Å². The lowest BCUT2D eigenvalue weighted by atomic mass is 9.81. The first-order chi connectivity index (χ1) is 8.74. The Balaban J connectivity index is 1.57. The standard InChI is InChI=1S/C15H28N2O/c1-17-12-5-4-6-13(17)10-11(9-12)16-14-7-2-3-8-15(14)18/h11-16,18H,2-10H2,1H3/t11?,12?,13?,14-,15-/m1/s1. The third kappa shape index (κ3) is 2.59. The van der Waals surface area contributed by atoms with Crippen molar-refractivity contribution in [1.82, 2.24) is 10.2 Å². The van der Waals surface area contributed by atoms with Crippen LogP contribution in [0.2, 0.25) is 0 Å². The number of piperidine rings is 2. The Hall–Kier alpha value is -0.120. The van der Waals surface area contributed by atoms with E-state index in [1.165, 1.54) is 51.4 Å². The smallest absolute Gasteiger partial charge is 0.0693 e. The number of hydrogen-bond acceptors (Lipinski definition) is 3. The Bertz CT molecular complexity index is 270. The molecule has 0 amide bonds. The molecule has 1 aliphatic carbocycles. The number of rotatable bonds is 2. The zero-order valence-corrected chi connectivity index (χ0v) is 11.6. The highest BCUT2D eigenvalue weighted by Crippen LogP contribution is 2.33. The molecule has 0 spiro atoms. The van der Waals surface area contributed by atoms with E-state index in [-0.39, 0.29) is 6.10 Å². The second kappa shape index (κ2) is 5.48. The summed E-state index contributed by atoms with van der Waals surface area (Å²) in [5, 5.41) is 13.9. The summed E-state index contributed by atoms with van der Waals surface area (Å²) in [5.74, 6) is 0. The van der Waals surface area contributed by atoms with Gasteiger partial charge >= 0.3 is 0 Å². The Morgan fingerprint density at radius 1 is 0.944 bits per heavy atom. The number of hydrogen-bond donors (Lipinski definition) is 2. The summed E-state index contributed by atoms with van der Waals surface area (Å²) in [6.45, 7) is 0. The summed E-state index contributed by atoms with van der Waals surface area (Å²) in [6.07, 6.45) is 11.3. The fourth-order valence-corrected chi connectivity index (χ4v) is 4.36. The van der Waals surface area contributed by atoms with Crippen molar-refractivity contribution >= 4 is 0 Å². The lowest BCUT2D eigenvalue weighted by Gasteiger charge is -2.48. The Kier molecular flexibility index (Phi) is 3.92. The third-order valence-corrected chi connectivity index (χ3v) is 5.52. The van der Waals surface area contributed by atoms with E-state index >= 15 is 0 Å². The van der Waals surface area contributed by atoms with Crippen LogP contribution in [0.5, 0.6) is 0 Å². The van der Waals surface area contributed by atoms with Gasteiger partial charge in [-0.15, -0.1) is 0 Å². The molecule has 0 aromatic carbocycles. The van der Waals surface area contributed by atoms with Gasteiger partial charge in [-0.25, -0.2) is 0 Å². The molecule has 2 heterocycles. The zero-order chi connectivity index (χ0) is 12.5. The summed E-state index contributed by atoms with van der Waals surface area (Å²) in [5.41, 5.74) is 0. The molecule has 2 unspecified atom stereocenters. The quantitative estimate of drug-likeness (QED) is 0.788. The van der Waals surface area contributed by atoms with Gasteiger partial charge in [-0.1, -0.05) is 19.3 Å². The van der Waals surface area contributed by atoms with Gasteiger partial charge in [0.2, 0.25) is 0 Å². The average Bonchev–Trinajstić information content (AvgIpc) is 2.33. The molecule has 2 N–H and O–H groups in total. The third-order valence-electron chi connectivity index (χ3n) is 5.52. The lowest BCUT2D eigenvalue weighted by Crippen LogP contribution is -2.57. The van der Waals surface area contributed by atoms with Crippen molar-refractivity contribution in [3.05, 3.63) is 0 Å². The van der Waals surface area contributed by atoms with E-state index in [4.69, 9.17) is 0 Å². The minimum Gasteiger partial charge on any atom is -0.392 e. The molecule has 3 nitrogen and oxygen atoms in total. The van der Waals surface area contributed by atoms with Gasteiger partial charge in [-0.05, 0) is 45.6 Å². The monoisotopic (exact) mass is 252 g/mol. The summed E-state index contributed by atoms with van der Waals surface area (Å²) in [6, 6.07) is 2.59. The largest absolute Gasteiger partial charge is 0.392 e. The van der Waals surface area contributed by atoms with Crippen molar-refractivity contribution < 1.29 is 5.11 Å². The molecule has 0 radical (unpaired) electrons. The molecular formula is C15H28N2O. The first-order valence-electron chi connectivity index (χ1n) is 7.90. The highest BCUT2D eigenvalue weighted by atomic mass is 16.3. The topological polar surface area (TPSA) is 35.5 Å². The zero-order valence-electron chi connectivity index (χ0n) is 11.6. The SMILES string of the molecule is CN1C2CCCC1CC(N[C@@H]1CCCC[C@H]1O)C2. The predicted octanol–water partition coefficient (Wildman–Crippen LogP) is 1.89. The highest BCUT2D eigenvalue weighted by molar-refractivity contribution is 4.95. The molecule has 18 heavy (non-hydrogen) atoms. The van der Waals surface area contributed by atoms with Gasteiger partial charge in [-0.2, -0.15) is 0 Å². The van der Waals surface area contributed by atoms with Crippen molar-refractivity contribution in [2.24, 2.45) is 0 Å². The van der Waals surface area contributed by atoms with E-state index in [0.29, 0.717) is 12.1 Å². The minimum absolute atomic E-state index is 0.0988. The van der Waals surface area contributed by atoms with Crippen LogP contribution < -0.4 is 5.32 Å². The maximum absolute atomic E-state index is 10.1. The lowest BCUT2D eigenvalue weighted by molar-refractivity contribution is 0.0292. The van der Waals surface area contributed by atoms with Crippen molar-refractivity contribution in [3.63, 3.8) is 0 Å². The molecule has 0 aromatic heterocycles. The summed E-state index contributed by atoms with van der Waals surface area (Å²) in [7, 11) is 2.31. The van der Waals surface area contributed by atoms with Crippen molar-refractivity contribution in [3.8, 4) is 0 Å². The molecule has 4 atom stereocenters. The number of aliphatic hydroxyl groups excluding tert-OH is 1. The minimum atomic E-state index is -0.0988. The van der Waals surface area contributed by atoms with Crippen molar-refractivity contribution in [2.75, 3.05) is 7.05 Å². The molecular weight excluding hydrogens is 224 g/mol. The van der Waals surface area contributed by atoms with Crippen LogP contribution in [0.1, 0.15) is 57.8 Å². The molecule has 3 heteroatoms. The molecule has 2 saturated heterocycles. The van der Waals surface area contributed by atoms with Crippen LogP contribution in [0.4, 0.5) is 0 Å². The van der Waals surface area contributed by atoms with Crippen LogP contribution in [0.15, 0.2) is 0 Å². The summed E-state index contributed by atoms with van der Waals surface area (Å²) in [4.78, 5) is 2.61.